The first kappa shape index (κ1) is 9.57. The molecule has 0 radical (unpaired) electrons. The average molecular weight is 204 g/mol. The molecule has 0 unspecified atom stereocenters. The van der Waals surface area contributed by atoms with E-state index < -0.39 is 0 Å². The summed E-state index contributed by atoms with van der Waals surface area (Å²) in [6.45, 7) is 2.90. The number of aryl methyl sites for hydroxylation is 1. The first-order valence-electron chi connectivity index (χ1n) is 4.78. The lowest BCUT2D eigenvalue weighted by Crippen LogP contribution is -2.03. The molecule has 0 aliphatic heterocycles. The number of anilines is 1. The molecule has 0 atom stereocenters. The fraction of sp³-hybridized carbons (Fsp3) is 0.333. The minimum atomic E-state index is 0.261. The molecule has 0 aliphatic carbocycles. The summed E-state index contributed by atoms with van der Waals surface area (Å²) in [6, 6.07) is 1.79. The highest BCUT2D eigenvalue weighted by molar-refractivity contribution is 5.53. The number of rotatable bonds is 3. The first-order chi connectivity index (χ1) is 7.31. The van der Waals surface area contributed by atoms with Crippen LogP contribution in [0, 0.1) is 0 Å². The monoisotopic (exact) mass is 204 g/mol. The number of nitrogens with two attached hydrogens (primary N) is 1. The second-order valence-electron chi connectivity index (χ2n) is 3.14. The lowest BCUT2D eigenvalue weighted by molar-refractivity contribution is 0.583. The van der Waals surface area contributed by atoms with Crippen molar-refractivity contribution in [1.82, 2.24) is 25.0 Å². The smallest absolute Gasteiger partial charge is 0.220 e. The van der Waals surface area contributed by atoms with Gasteiger partial charge < -0.3 is 5.73 Å². The standard InChI is InChI=1S/C9H12N6/c1-2-5-15-8(6-12-14-15)7-3-4-11-9(10)13-7/h3-4,6H,2,5H2,1H3,(H2,10,11,13). The molecule has 2 N–H and O–H groups in total. The molecule has 2 heterocycles. The topological polar surface area (TPSA) is 82.5 Å². The molecule has 78 valence electrons. The lowest BCUT2D eigenvalue weighted by Gasteiger charge is -2.03. The van der Waals surface area contributed by atoms with E-state index in [2.05, 4.69) is 27.2 Å². The van der Waals surface area contributed by atoms with Gasteiger partial charge in [-0.1, -0.05) is 12.1 Å². The third-order valence-corrected chi connectivity index (χ3v) is 1.99. The molecule has 0 aliphatic rings. The van der Waals surface area contributed by atoms with E-state index in [1.807, 2.05) is 4.68 Å². The van der Waals surface area contributed by atoms with E-state index in [-0.39, 0.29) is 5.95 Å². The first-order valence-corrected chi connectivity index (χ1v) is 4.78. The Bertz CT molecular complexity index is 449. The van der Waals surface area contributed by atoms with Gasteiger partial charge in [0.1, 0.15) is 5.69 Å². The van der Waals surface area contributed by atoms with Crippen molar-refractivity contribution >= 4 is 5.95 Å². The van der Waals surface area contributed by atoms with Crippen molar-refractivity contribution in [3.05, 3.63) is 18.5 Å². The Morgan fingerprint density at radius 2 is 2.33 bits per heavy atom. The maximum atomic E-state index is 5.52. The minimum Gasteiger partial charge on any atom is -0.368 e. The van der Waals surface area contributed by atoms with E-state index in [0.29, 0.717) is 0 Å². The van der Waals surface area contributed by atoms with E-state index in [4.69, 9.17) is 5.73 Å². The zero-order valence-electron chi connectivity index (χ0n) is 8.46. The normalized spacial score (nSPS) is 10.5. The fourth-order valence-electron chi connectivity index (χ4n) is 1.35. The molecule has 0 aromatic carbocycles. The summed E-state index contributed by atoms with van der Waals surface area (Å²) in [5, 5.41) is 7.84. The van der Waals surface area contributed by atoms with Crippen molar-refractivity contribution in [3.63, 3.8) is 0 Å². The van der Waals surface area contributed by atoms with Gasteiger partial charge in [-0.05, 0) is 12.5 Å². The zero-order chi connectivity index (χ0) is 10.7. The summed E-state index contributed by atoms with van der Waals surface area (Å²) in [5.41, 5.74) is 7.13. The van der Waals surface area contributed by atoms with Crippen molar-refractivity contribution in [1.29, 1.82) is 0 Å². The summed E-state index contributed by atoms with van der Waals surface area (Å²) in [4.78, 5) is 7.97. The molecular formula is C9H12N6. The molecule has 0 saturated carbocycles. The summed E-state index contributed by atoms with van der Waals surface area (Å²) in [7, 11) is 0. The Kier molecular flexibility index (Phi) is 2.57. The number of nitrogen functional groups attached to an aromatic ring is 1. The summed E-state index contributed by atoms with van der Waals surface area (Å²) in [6.07, 6.45) is 4.30. The molecule has 2 aromatic heterocycles. The Morgan fingerprint density at radius 1 is 1.47 bits per heavy atom. The highest BCUT2D eigenvalue weighted by atomic mass is 15.4. The van der Waals surface area contributed by atoms with Gasteiger partial charge in [0.15, 0.2) is 0 Å². The van der Waals surface area contributed by atoms with Gasteiger partial charge in [0.05, 0.1) is 11.9 Å². The average Bonchev–Trinajstić information content (AvgIpc) is 2.66. The number of hydrogen-bond acceptors (Lipinski definition) is 5. The third-order valence-electron chi connectivity index (χ3n) is 1.99. The van der Waals surface area contributed by atoms with Gasteiger partial charge in [-0.3, -0.25) is 0 Å². The van der Waals surface area contributed by atoms with Crippen LogP contribution < -0.4 is 5.73 Å². The SMILES string of the molecule is CCCn1nncc1-c1ccnc(N)n1. The Labute approximate surface area is 87.2 Å². The summed E-state index contributed by atoms with van der Waals surface area (Å²) < 4.78 is 1.81. The Hall–Kier alpha value is -1.98. The molecule has 6 nitrogen and oxygen atoms in total. The van der Waals surface area contributed by atoms with E-state index >= 15 is 0 Å². The predicted octanol–water partition coefficient (Wildman–Crippen LogP) is 0.727. The molecule has 0 amide bonds. The second kappa shape index (κ2) is 4.04. The third kappa shape index (κ3) is 1.93. The minimum absolute atomic E-state index is 0.261. The van der Waals surface area contributed by atoms with Crippen molar-refractivity contribution in [2.75, 3.05) is 5.73 Å². The molecule has 2 rings (SSSR count). The molecule has 0 bridgehead atoms. The summed E-state index contributed by atoms with van der Waals surface area (Å²) in [5.74, 6) is 0.261. The largest absolute Gasteiger partial charge is 0.368 e. The predicted molar refractivity (Wildman–Crippen MR) is 55.8 cm³/mol. The molecule has 2 aromatic rings. The van der Waals surface area contributed by atoms with Crippen molar-refractivity contribution in [2.45, 2.75) is 19.9 Å². The molecule has 0 fully saturated rings. The van der Waals surface area contributed by atoms with Gasteiger partial charge in [0, 0.05) is 12.7 Å². The quantitative estimate of drug-likeness (QED) is 0.796. The van der Waals surface area contributed by atoms with Crippen LogP contribution in [0.15, 0.2) is 18.5 Å². The van der Waals surface area contributed by atoms with E-state index in [0.717, 1.165) is 24.4 Å². The van der Waals surface area contributed by atoms with Gasteiger partial charge in [-0.2, -0.15) is 0 Å². The van der Waals surface area contributed by atoms with Crippen LogP contribution in [0.5, 0.6) is 0 Å². The van der Waals surface area contributed by atoms with Crippen LogP contribution >= 0.6 is 0 Å². The van der Waals surface area contributed by atoms with Gasteiger partial charge in [-0.25, -0.2) is 14.6 Å². The number of aromatic nitrogens is 5. The van der Waals surface area contributed by atoms with Gasteiger partial charge >= 0.3 is 0 Å². The van der Waals surface area contributed by atoms with Crippen LogP contribution in [0.25, 0.3) is 11.4 Å². The fourth-order valence-corrected chi connectivity index (χ4v) is 1.35. The molecule has 15 heavy (non-hydrogen) atoms. The Balaban J connectivity index is 2.40. The highest BCUT2D eigenvalue weighted by Crippen LogP contribution is 2.15. The highest BCUT2D eigenvalue weighted by Gasteiger charge is 2.07. The van der Waals surface area contributed by atoms with Crippen LogP contribution in [-0.4, -0.2) is 25.0 Å². The molecule has 6 heteroatoms. The van der Waals surface area contributed by atoms with Gasteiger partial charge in [0.2, 0.25) is 5.95 Å². The molecular weight excluding hydrogens is 192 g/mol. The lowest BCUT2D eigenvalue weighted by atomic mass is 10.3. The van der Waals surface area contributed by atoms with Gasteiger partial charge in [-0.15, -0.1) is 5.10 Å². The second-order valence-corrected chi connectivity index (χ2v) is 3.14. The number of hydrogen-bond donors (Lipinski definition) is 1. The van der Waals surface area contributed by atoms with E-state index in [1.54, 1.807) is 18.5 Å². The Morgan fingerprint density at radius 3 is 3.07 bits per heavy atom. The van der Waals surface area contributed by atoms with Crippen LogP contribution in [0.4, 0.5) is 5.95 Å². The summed E-state index contributed by atoms with van der Waals surface area (Å²) >= 11 is 0. The van der Waals surface area contributed by atoms with Crippen molar-refractivity contribution < 1.29 is 0 Å². The van der Waals surface area contributed by atoms with Gasteiger partial charge in [0.25, 0.3) is 0 Å². The maximum Gasteiger partial charge on any atom is 0.220 e. The molecule has 0 spiro atoms. The maximum absolute atomic E-state index is 5.52. The van der Waals surface area contributed by atoms with Crippen molar-refractivity contribution in [2.24, 2.45) is 0 Å². The van der Waals surface area contributed by atoms with Crippen LogP contribution in [-0.2, 0) is 6.54 Å². The van der Waals surface area contributed by atoms with Crippen molar-refractivity contribution in [3.8, 4) is 11.4 Å². The van der Waals surface area contributed by atoms with Crippen LogP contribution in [0.1, 0.15) is 13.3 Å². The number of nitrogens with zero attached hydrogens (tertiary/aromatic N) is 5. The van der Waals surface area contributed by atoms with Crippen LogP contribution in [0.2, 0.25) is 0 Å². The zero-order valence-corrected chi connectivity index (χ0v) is 8.46. The van der Waals surface area contributed by atoms with E-state index in [9.17, 15) is 0 Å². The molecule has 0 saturated heterocycles. The van der Waals surface area contributed by atoms with Crippen LogP contribution in [0.3, 0.4) is 0 Å². The van der Waals surface area contributed by atoms with E-state index in [1.165, 1.54) is 0 Å².